The van der Waals surface area contributed by atoms with Gasteiger partial charge in [-0.3, -0.25) is 0 Å². The lowest BCUT2D eigenvalue weighted by Crippen LogP contribution is -2.26. The Morgan fingerprint density at radius 2 is 2.33 bits per heavy atom. The lowest BCUT2D eigenvalue weighted by atomic mass is 10.5. The number of amidine groups is 1. The van der Waals surface area contributed by atoms with E-state index in [-0.39, 0.29) is 10.1 Å². The van der Waals surface area contributed by atoms with Crippen molar-refractivity contribution in [3.63, 3.8) is 0 Å². The van der Waals surface area contributed by atoms with Gasteiger partial charge in [0.25, 0.3) is 0 Å². The third kappa shape index (κ3) is 1.49. The van der Waals surface area contributed by atoms with Crippen molar-refractivity contribution in [3.05, 3.63) is 11.1 Å². The number of sulfone groups is 1. The molecule has 0 saturated heterocycles. The number of nitrogens with zero attached hydrogens (tertiary/aromatic N) is 1. The van der Waals surface area contributed by atoms with Crippen LogP contribution in [0.2, 0.25) is 0 Å². The van der Waals surface area contributed by atoms with E-state index in [0.717, 1.165) is 0 Å². The van der Waals surface area contributed by atoms with E-state index >= 15 is 0 Å². The van der Waals surface area contributed by atoms with Gasteiger partial charge in [0.2, 0.25) is 15.0 Å². The topological polar surface area (TPSA) is 84.5 Å². The van der Waals surface area contributed by atoms with Crippen LogP contribution in [0.1, 0.15) is 6.92 Å². The first-order chi connectivity index (χ1) is 5.59. The van der Waals surface area contributed by atoms with E-state index in [0.29, 0.717) is 13.1 Å². The second-order valence-electron chi connectivity index (χ2n) is 2.35. The molecule has 0 atom stereocenters. The number of hydrogen-bond acceptors (Lipinski definition) is 5. The second-order valence-corrected chi connectivity index (χ2v) is 4.30. The molecule has 0 fully saturated rings. The van der Waals surface area contributed by atoms with Gasteiger partial charge in [0.05, 0.1) is 4.91 Å². The molecular weight excluding hydrogens is 178 g/mol. The molecule has 0 radical (unpaired) electrons. The van der Waals surface area contributed by atoms with Gasteiger partial charge in [-0.15, -0.1) is 0 Å². The highest BCUT2D eigenvalue weighted by atomic mass is 32.2. The molecule has 0 aromatic heterocycles. The molecule has 5 nitrogen and oxygen atoms in total. The standard InChI is InChI=1S/C6H11N3O2S/c1-2-8-3-5-4-9-6(7)12(5,10)11/h4,8H,2-3H2,1H3,(H2,7,9). The van der Waals surface area contributed by atoms with Crippen LogP contribution in [-0.2, 0) is 9.84 Å². The molecule has 3 N–H and O–H groups in total. The molecule has 0 aliphatic carbocycles. The van der Waals surface area contributed by atoms with Crippen molar-refractivity contribution < 1.29 is 8.42 Å². The first kappa shape index (κ1) is 9.21. The van der Waals surface area contributed by atoms with Gasteiger partial charge in [0.1, 0.15) is 0 Å². The lowest BCUT2D eigenvalue weighted by Gasteiger charge is -2.01. The van der Waals surface area contributed by atoms with Crippen molar-refractivity contribution in [3.8, 4) is 0 Å². The van der Waals surface area contributed by atoms with Crippen LogP contribution in [0.15, 0.2) is 16.1 Å². The summed E-state index contributed by atoms with van der Waals surface area (Å²) >= 11 is 0. The molecule has 1 aliphatic rings. The zero-order valence-corrected chi connectivity index (χ0v) is 7.56. The second kappa shape index (κ2) is 3.24. The molecule has 0 aromatic rings. The van der Waals surface area contributed by atoms with E-state index in [1.54, 1.807) is 0 Å². The largest absolute Gasteiger partial charge is 0.374 e. The van der Waals surface area contributed by atoms with Crippen molar-refractivity contribution >= 4 is 15.0 Å². The van der Waals surface area contributed by atoms with E-state index in [2.05, 4.69) is 10.3 Å². The zero-order chi connectivity index (χ0) is 9.19. The Hall–Kier alpha value is -0.880. The van der Waals surface area contributed by atoms with Crippen molar-refractivity contribution in [2.24, 2.45) is 10.7 Å². The minimum absolute atomic E-state index is 0.238. The molecule has 68 valence electrons. The van der Waals surface area contributed by atoms with Crippen molar-refractivity contribution in [1.82, 2.24) is 5.32 Å². The summed E-state index contributed by atoms with van der Waals surface area (Å²) in [4.78, 5) is 3.77. The van der Waals surface area contributed by atoms with Crippen LogP contribution < -0.4 is 11.1 Å². The molecule has 1 rings (SSSR count). The molecule has 0 amide bonds. The fraction of sp³-hybridized carbons (Fsp3) is 0.500. The molecule has 0 spiro atoms. The maximum Gasteiger partial charge on any atom is 0.238 e. The fourth-order valence-electron chi connectivity index (χ4n) is 0.798. The SMILES string of the molecule is CCNCC1=CN=C(N)S1(=O)=O. The Balaban J connectivity index is 2.74. The summed E-state index contributed by atoms with van der Waals surface area (Å²) in [6.07, 6.45) is 1.29. The van der Waals surface area contributed by atoms with Gasteiger partial charge in [-0.2, -0.15) is 0 Å². The van der Waals surface area contributed by atoms with Crippen molar-refractivity contribution in [2.75, 3.05) is 13.1 Å². The molecule has 6 heteroatoms. The summed E-state index contributed by atoms with van der Waals surface area (Å²) in [6.45, 7) is 2.90. The van der Waals surface area contributed by atoms with E-state index in [4.69, 9.17) is 5.73 Å². The molecular formula is C6H11N3O2S. The number of rotatable bonds is 3. The number of aliphatic imine (C=N–C) groups is 1. The highest BCUT2D eigenvalue weighted by Crippen LogP contribution is 2.13. The molecule has 0 bridgehead atoms. The maximum atomic E-state index is 11.2. The highest BCUT2D eigenvalue weighted by Gasteiger charge is 2.26. The van der Waals surface area contributed by atoms with Crippen LogP contribution >= 0.6 is 0 Å². The average Bonchev–Trinajstić information content (AvgIpc) is 2.25. The van der Waals surface area contributed by atoms with Gasteiger partial charge in [0.15, 0.2) is 0 Å². The van der Waals surface area contributed by atoms with Gasteiger partial charge < -0.3 is 11.1 Å². The summed E-state index contributed by atoms with van der Waals surface area (Å²) in [6, 6.07) is 0. The number of nitrogens with two attached hydrogens (primary N) is 1. The van der Waals surface area contributed by atoms with E-state index < -0.39 is 9.84 Å². The van der Waals surface area contributed by atoms with Gasteiger partial charge in [0, 0.05) is 12.7 Å². The van der Waals surface area contributed by atoms with Crippen LogP contribution in [0.5, 0.6) is 0 Å². The highest BCUT2D eigenvalue weighted by molar-refractivity contribution is 8.09. The summed E-state index contributed by atoms with van der Waals surface area (Å²) in [7, 11) is -3.41. The fourth-order valence-corrected chi connectivity index (χ4v) is 1.74. The number of hydrogen-bond donors (Lipinski definition) is 2. The Morgan fingerprint density at radius 3 is 2.75 bits per heavy atom. The third-order valence-corrected chi connectivity index (χ3v) is 3.10. The smallest absolute Gasteiger partial charge is 0.238 e. The Labute approximate surface area is 71.3 Å². The molecule has 1 heterocycles. The average molecular weight is 189 g/mol. The minimum atomic E-state index is -3.41. The molecule has 12 heavy (non-hydrogen) atoms. The zero-order valence-electron chi connectivity index (χ0n) is 6.74. The quantitative estimate of drug-likeness (QED) is 0.607. The van der Waals surface area contributed by atoms with Crippen molar-refractivity contribution in [2.45, 2.75) is 6.92 Å². The van der Waals surface area contributed by atoms with E-state index in [1.807, 2.05) is 6.92 Å². The third-order valence-electron chi connectivity index (χ3n) is 1.51. The minimum Gasteiger partial charge on any atom is -0.374 e. The molecule has 0 saturated carbocycles. The molecule has 0 aromatic carbocycles. The van der Waals surface area contributed by atoms with Crippen LogP contribution in [0.25, 0.3) is 0 Å². The van der Waals surface area contributed by atoms with Gasteiger partial charge >= 0.3 is 0 Å². The summed E-state index contributed by atoms with van der Waals surface area (Å²) in [5.41, 5.74) is 5.16. The first-order valence-corrected chi connectivity index (χ1v) is 5.05. The van der Waals surface area contributed by atoms with Crippen LogP contribution in [0.4, 0.5) is 0 Å². The number of nitrogens with one attached hydrogen (secondary N) is 1. The van der Waals surface area contributed by atoms with Crippen molar-refractivity contribution in [1.29, 1.82) is 0 Å². The van der Waals surface area contributed by atoms with E-state index in [9.17, 15) is 8.42 Å². The van der Waals surface area contributed by atoms with Gasteiger partial charge in [-0.05, 0) is 6.54 Å². The monoisotopic (exact) mass is 189 g/mol. The first-order valence-electron chi connectivity index (χ1n) is 3.57. The van der Waals surface area contributed by atoms with Crippen LogP contribution in [0.3, 0.4) is 0 Å². The number of likely N-dealkylation sites (N-methyl/N-ethyl adjacent to an activating group) is 1. The van der Waals surface area contributed by atoms with E-state index in [1.165, 1.54) is 6.20 Å². The maximum absolute atomic E-state index is 11.2. The summed E-state index contributed by atoms with van der Waals surface area (Å²) in [5, 5.41) is 2.58. The predicted octanol–water partition coefficient (Wildman–Crippen LogP) is -0.820. The van der Waals surface area contributed by atoms with Gasteiger partial charge in [-0.25, -0.2) is 13.4 Å². The van der Waals surface area contributed by atoms with Crippen LogP contribution in [-0.4, -0.2) is 26.7 Å². The normalized spacial score (nSPS) is 20.4. The Morgan fingerprint density at radius 1 is 1.67 bits per heavy atom. The molecule has 0 unspecified atom stereocenters. The van der Waals surface area contributed by atoms with Gasteiger partial charge in [-0.1, -0.05) is 6.92 Å². The lowest BCUT2D eigenvalue weighted by molar-refractivity contribution is 0.610. The Kier molecular flexibility index (Phi) is 2.49. The predicted molar refractivity (Wildman–Crippen MR) is 47.2 cm³/mol. The summed E-state index contributed by atoms with van der Waals surface area (Å²) in [5.74, 6) is 0. The Bertz CT molecular complexity index is 329. The van der Waals surface area contributed by atoms with Crippen LogP contribution in [0, 0.1) is 0 Å². The molecule has 1 aliphatic heterocycles. The summed E-state index contributed by atoms with van der Waals surface area (Å²) < 4.78 is 22.5.